The molecule has 52 valence electrons. The molecular weight excluding hydrogens is 195 g/mol. The first kappa shape index (κ1) is 8.12. The van der Waals surface area contributed by atoms with Gasteiger partial charge in [0.15, 0.2) is 0 Å². The molecule has 0 aliphatic carbocycles. The van der Waals surface area contributed by atoms with E-state index in [1.54, 1.807) is 23.5 Å². The Morgan fingerprint density at radius 3 is 2.11 bits per heavy atom. The van der Waals surface area contributed by atoms with Gasteiger partial charge in [-0.3, -0.25) is 0 Å². The summed E-state index contributed by atoms with van der Waals surface area (Å²) < 4.78 is 1.52. The molecule has 0 aromatic rings. The first-order valence-electron chi connectivity index (χ1n) is 2.61. The Kier molecular flexibility index (Phi) is 3.62. The van der Waals surface area contributed by atoms with Crippen LogP contribution in [0.15, 0.2) is 8.73 Å². The van der Waals surface area contributed by atoms with Gasteiger partial charge in [0.1, 0.15) is 4.49 Å². The average molecular weight is 201 g/mol. The molecule has 1 aliphatic rings. The van der Waals surface area contributed by atoms with Crippen LogP contribution in [0.4, 0.5) is 0 Å². The molecule has 0 unspecified atom stereocenters. The predicted molar refractivity (Wildman–Crippen MR) is 48.3 cm³/mol. The van der Waals surface area contributed by atoms with Gasteiger partial charge < -0.3 is 0 Å². The SMILES string of the molecule is ClC(Cl)=C1SCCCS1. The number of rotatable bonds is 0. The smallest absolute Gasteiger partial charge is 0.117 e. The van der Waals surface area contributed by atoms with Crippen molar-refractivity contribution in [1.82, 2.24) is 0 Å². The van der Waals surface area contributed by atoms with Crippen molar-refractivity contribution < 1.29 is 0 Å². The summed E-state index contributed by atoms with van der Waals surface area (Å²) >= 11 is 14.6. The number of hydrogen-bond acceptors (Lipinski definition) is 2. The third kappa shape index (κ3) is 2.62. The van der Waals surface area contributed by atoms with Gasteiger partial charge in [0.2, 0.25) is 0 Å². The van der Waals surface area contributed by atoms with Gasteiger partial charge in [0, 0.05) is 0 Å². The van der Waals surface area contributed by atoms with Gasteiger partial charge in [0.25, 0.3) is 0 Å². The lowest BCUT2D eigenvalue weighted by atomic mass is 10.6. The molecule has 0 aromatic heterocycles. The van der Waals surface area contributed by atoms with Gasteiger partial charge in [0.05, 0.1) is 4.24 Å². The van der Waals surface area contributed by atoms with E-state index in [0.29, 0.717) is 4.49 Å². The molecule has 0 radical (unpaired) electrons. The van der Waals surface area contributed by atoms with Gasteiger partial charge in [-0.2, -0.15) is 0 Å². The molecule has 1 heterocycles. The molecule has 1 aliphatic heterocycles. The molecule has 0 spiro atoms. The minimum absolute atomic E-state index is 0.435. The Bertz CT molecular complexity index is 121. The molecule has 0 aromatic carbocycles. The molecule has 1 rings (SSSR count). The number of thioether (sulfide) groups is 2. The van der Waals surface area contributed by atoms with Crippen LogP contribution in [0.1, 0.15) is 6.42 Å². The molecule has 1 saturated heterocycles. The van der Waals surface area contributed by atoms with Crippen LogP contribution < -0.4 is 0 Å². The van der Waals surface area contributed by atoms with E-state index in [1.807, 2.05) is 0 Å². The lowest BCUT2D eigenvalue weighted by molar-refractivity contribution is 1.12. The van der Waals surface area contributed by atoms with Crippen LogP contribution in [0.3, 0.4) is 0 Å². The van der Waals surface area contributed by atoms with Gasteiger partial charge in [-0.15, -0.1) is 23.5 Å². The maximum absolute atomic E-state index is 5.56. The van der Waals surface area contributed by atoms with Crippen molar-refractivity contribution in [3.05, 3.63) is 8.73 Å². The topological polar surface area (TPSA) is 0 Å². The Morgan fingerprint density at radius 2 is 1.78 bits per heavy atom. The predicted octanol–water partition coefficient (Wildman–Crippen LogP) is 3.46. The zero-order valence-corrected chi connectivity index (χ0v) is 7.84. The lowest BCUT2D eigenvalue weighted by Gasteiger charge is -2.11. The van der Waals surface area contributed by atoms with Crippen molar-refractivity contribution in [3.63, 3.8) is 0 Å². The van der Waals surface area contributed by atoms with E-state index in [4.69, 9.17) is 23.2 Å². The Labute approximate surface area is 73.4 Å². The quantitative estimate of drug-likeness (QED) is 0.588. The molecule has 1 fully saturated rings. The summed E-state index contributed by atoms with van der Waals surface area (Å²) in [7, 11) is 0. The summed E-state index contributed by atoms with van der Waals surface area (Å²) in [4.78, 5) is 0. The average Bonchev–Trinajstić information content (AvgIpc) is 1.90. The van der Waals surface area contributed by atoms with Crippen LogP contribution in [-0.2, 0) is 0 Å². The largest absolute Gasteiger partial charge is 0.126 e. The normalized spacial score (nSPS) is 20.0. The molecule has 0 N–H and O–H groups in total. The van der Waals surface area contributed by atoms with E-state index in [2.05, 4.69) is 0 Å². The molecule has 0 amide bonds. The summed E-state index contributed by atoms with van der Waals surface area (Å²) in [5, 5.41) is 0. The Hall–Kier alpha value is 1.02. The molecular formula is C5H6Cl2S2. The highest BCUT2D eigenvalue weighted by molar-refractivity contribution is 8.22. The summed E-state index contributed by atoms with van der Waals surface area (Å²) in [6, 6.07) is 0. The summed E-state index contributed by atoms with van der Waals surface area (Å²) in [5.41, 5.74) is 0. The number of hydrogen-bond donors (Lipinski definition) is 0. The zero-order chi connectivity index (χ0) is 6.69. The fourth-order valence-electron chi connectivity index (χ4n) is 0.539. The molecule has 4 heteroatoms. The molecule has 0 atom stereocenters. The van der Waals surface area contributed by atoms with E-state index in [-0.39, 0.29) is 0 Å². The second-order valence-electron chi connectivity index (χ2n) is 1.60. The summed E-state index contributed by atoms with van der Waals surface area (Å²) in [6.45, 7) is 0. The summed E-state index contributed by atoms with van der Waals surface area (Å²) in [5.74, 6) is 2.32. The minimum atomic E-state index is 0.435. The van der Waals surface area contributed by atoms with Crippen LogP contribution in [0, 0.1) is 0 Å². The van der Waals surface area contributed by atoms with E-state index >= 15 is 0 Å². The van der Waals surface area contributed by atoms with Crippen molar-refractivity contribution in [2.45, 2.75) is 6.42 Å². The highest BCUT2D eigenvalue weighted by Crippen LogP contribution is 2.39. The molecule has 0 nitrogen and oxygen atoms in total. The van der Waals surface area contributed by atoms with Crippen LogP contribution >= 0.6 is 46.7 Å². The zero-order valence-electron chi connectivity index (χ0n) is 4.69. The molecule has 0 saturated carbocycles. The van der Waals surface area contributed by atoms with Crippen molar-refractivity contribution >= 4 is 46.7 Å². The Balaban J connectivity index is 2.49. The van der Waals surface area contributed by atoms with E-state index < -0.39 is 0 Å². The lowest BCUT2D eigenvalue weighted by Crippen LogP contribution is -1.91. The van der Waals surface area contributed by atoms with Crippen LogP contribution in [-0.4, -0.2) is 11.5 Å². The first-order valence-corrected chi connectivity index (χ1v) is 5.34. The Morgan fingerprint density at radius 1 is 1.22 bits per heavy atom. The summed E-state index contributed by atoms with van der Waals surface area (Å²) in [6.07, 6.45) is 1.26. The second-order valence-corrected chi connectivity index (χ2v) is 5.02. The van der Waals surface area contributed by atoms with Gasteiger partial charge >= 0.3 is 0 Å². The highest BCUT2D eigenvalue weighted by atomic mass is 35.5. The maximum atomic E-state index is 5.56. The first-order chi connectivity index (χ1) is 4.30. The van der Waals surface area contributed by atoms with Crippen LogP contribution in [0.2, 0.25) is 0 Å². The van der Waals surface area contributed by atoms with Crippen LogP contribution in [0.25, 0.3) is 0 Å². The number of halogens is 2. The van der Waals surface area contributed by atoms with Gasteiger partial charge in [-0.05, 0) is 17.9 Å². The molecule has 0 bridgehead atoms. The van der Waals surface area contributed by atoms with E-state index in [0.717, 1.165) is 15.7 Å². The third-order valence-corrected chi connectivity index (χ3v) is 4.36. The fraction of sp³-hybridized carbons (Fsp3) is 0.600. The van der Waals surface area contributed by atoms with Crippen LogP contribution in [0.5, 0.6) is 0 Å². The van der Waals surface area contributed by atoms with Gasteiger partial charge in [-0.1, -0.05) is 23.2 Å². The standard InChI is InChI=1S/C5H6Cl2S2/c6-4(7)5-8-2-1-3-9-5/h1-3H2. The maximum Gasteiger partial charge on any atom is 0.126 e. The van der Waals surface area contributed by atoms with Crippen molar-refractivity contribution in [1.29, 1.82) is 0 Å². The highest BCUT2D eigenvalue weighted by Gasteiger charge is 2.08. The fourth-order valence-corrected chi connectivity index (χ4v) is 3.38. The van der Waals surface area contributed by atoms with E-state index in [1.165, 1.54) is 6.42 Å². The molecule has 9 heavy (non-hydrogen) atoms. The van der Waals surface area contributed by atoms with E-state index in [9.17, 15) is 0 Å². The second kappa shape index (κ2) is 4.02. The third-order valence-electron chi connectivity index (χ3n) is 0.909. The monoisotopic (exact) mass is 200 g/mol. The van der Waals surface area contributed by atoms with Gasteiger partial charge in [-0.25, -0.2) is 0 Å². The van der Waals surface area contributed by atoms with Crippen molar-refractivity contribution in [2.75, 3.05) is 11.5 Å². The minimum Gasteiger partial charge on any atom is -0.117 e. The van der Waals surface area contributed by atoms with Crippen molar-refractivity contribution in [3.8, 4) is 0 Å². The van der Waals surface area contributed by atoms with Crippen molar-refractivity contribution in [2.24, 2.45) is 0 Å².